The van der Waals surface area contributed by atoms with Crippen molar-refractivity contribution in [3.8, 4) is 11.5 Å². The summed E-state index contributed by atoms with van der Waals surface area (Å²) in [5.74, 6) is 2.00. The van der Waals surface area contributed by atoms with Gasteiger partial charge in [-0.1, -0.05) is 224 Å². The third-order valence-electron chi connectivity index (χ3n) is 13.0. The summed E-state index contributed by atoms with van der Waals surface area (Å²) in [5.41, 5.74) is 1.33. The van der Waals surface area contributed by atoms with Crippen LogP contribution in [0.3, 0.4) is 0 Å². The minimum absolute atomic E-state index is 0.0162. The van der Waals surface area contributed by atoms with Crippen LogP contribution in [0.15, 0.2) is 42.5 Å². The molecule has 0 radical (unpaired) electrons. The number of benzene rings is 3. The second kappa shape index (κ2) is 37.9. The lowest BCUT2D eigenvalue weighted by molar-refractivity contribution is -0.144. The van der Waals surface area contributed by atoms with Crippen LogP contribution >= 0.6 is 0 Å². The molecular formula is C58H94O6. The maximum Gasteiger partial charge on any atom is 0.305 e. The number of carbonyl (C=O) groups is 2. The highest BCUT2D eigenvalue weighted by Crippen LogP contribution is 2.43. The predicted molar refractivity (Wildman–Crippen MR) is 272 cm³/mol. The van der Waals surface area contributed by atoms with Crippen molar-refractivity contribution >= 4 is 33.5 Å². The second-order valence-corrected chi connectivity index (χ2v) is 18.7. The van der Waals surface area contributed by atoms with Gasteiger partial charge in [0.25, 0.3) is 0 Å². The molecule has 362 valence electrons. The van der Waals surface area contributed by atoms with Crippen LogP contribution in [0.25, 0.3) is 21.5 Å². The summed E-state index contributed by atoms with van der Waals surface area (Å²) in [6.45, 7) is 9.13. The van der Waals surface area contributed by atoms with Gasteiger partial charge in [0.2, 0.25) is 0 Å². The van der Waals surface area contributed by atoms with Crippen LogP contribution in [0.5, 0.6) is 11.5 Å². The van der Waals surface area contributed by atoms with E-state index in [1.165, 1.54) is 158 Å². The van der Waals surface area contributed by atoms with E-state index in [1.54, 1.807) is 0 Å². The van der Waals surface area contributed by atoms with Crippen LogP contribution in [-0.4, -0.2) is 38.4 Å². The molecular weight excluding hydrogens is 793 g/mol. The van der Waals surface area contributed by atoms with Crippen molar-refractivity contribution in [1.29, 1.82) is 0 Å². The molecule has 0 amide bonds. The predicted octanol–water partition coefficient (Wildman–Crippen LogP) is 17.7. The van der Waals surface area contributed by atoms with Gasteiger partial charge < -0.3 is 18.9 Å². The Morgan fingerprint density at radius 2 is 0.688 bits per heavy atom. The number of rotatable bonds is 43. The van der Waals surface area contributed by atoms with Crippen molar-refractivity contribution < 1.29 is 28.5 Å². The normalized spacial score (nSPS) is 11.4. The van der Waals surface area contributed by atoms with Crippen molar-refractivity contribution in [2.75, 3.05) is 26.4 Å². The zero-order valence-electron chi connectivity index (χ0n) is 41.6. The van der Waals surface area contributed by atoms with E-state index >= 15 is 0 Å². The van der Waals surface area contributed by atoms with Gasteiger partial charge in [-0.05, 0) is 56.6 Å². The molecule has 0 atom stereocenters. The number of unbranched alkanes of at least 4 members (excludes halogenated alkanes) is 28. The number of hydrogen-bond donors (Lipinski definition) is 0. The van der Waals surface area contributed by atoms with Crippen LogP contribution in [0.2, 0.25) is 0 Å². The molecule has 0 bridgehead atoms. The molecule has 3 aromatic rings. The lowest BCUT2D eigenvalue weighted by atomic mass is 9.98. The Balaban J connectivity index is 1.24. The van der Waals surface area contributed by atoms with Gasteiger partial charge in [0.05, 0.1) is 26.4 Å². The van der Waals surface area contributed by atoms with Gasteiger partial charge in [0, 0.05) is 34.4 Å². The maximum atomic E-state index is 11.7. The number of carbonyl (C=O) groups excluding carboxylic acids is 2. The van der Waals surface area contributed by atoms with Crippen molar-refractivity contribution in [3.63, 3.8) is 0 Å². The average molecular weight is 887 g/mol. The number of hydrogen-bond acceptors (Lipinski definition) is 6. The minimum atomic E-state index is -0.0162. The highest BCUT2D eigenvalue weighted by Gasteiger charge is 2.17. The highest BCUT2D eigenvalue weighted by molar-refractivity contribution is 6.11. The van der Waals surface area contributed by atoms with E-state index < -0.39 is 0 Å². The summed E-state index contributed by atoms with van der Waals surface area (Å²) in [6.07, 6.45) is 41.6. The third-order valence-corrected chi connectivity index (χ3v) is 13.0. The summed E-state index contributed by atoms with van der Waals surface area (Å²) in [6, 6.07) is 15.5. The maximum absolute atomic E-state index is 11.7. The molecule has 6 nitrogen and oxygen atoms in total. The summed E-state index contributed by atoms with van der Waals surface area (Å²) in [5, 5.41) is 4.67. The van der Waals surface area contributed by atoms with E-state index in [-0.39, 0.29) is 11.9 Å². The molecule has 0 unspecified atom stereocenters. The Morgan fingerprint density at radius 3 is 1.05 bits per heavy atom. The zero-order chi connectivity index (χ0) is 45.6. The summed E-state index contributed by atoms with van der Waals surface area (Å²) < 4.78 is 23.9. The Kier molecular flexibility index (Phi) is 32.6. The van der Waals surface area contributed by atoms with Crippen LogP contribution in [-0.2, 0) is 25.5 Å². The molecule has 0 spiro atoms. The molecule has 0 aromatic heterocycles. The fourth-order valence-corrected chi connectivity index (χ4v) is 8.82. The Bertz CT molecular complexity index is 1620. The standard InChI is InChI=1S/C58H94O6/c1-4-7-45-61-55(59)41-33-29-25-21-17-13-9-11-15-19-23-27-31-37-47-63-57-51-39-35-36-40-52(51)58(54-49-50(6-3)43-44-53(54)57)64-48-38-32-28-24-20-16-12-10-14-18-22-26-30-34-42-56(60)62-46-8-5-2/h35-36,39-40,43-44,49H,4-34,37-38,41-42,45-48H2,1-3H3. The largest absolute Gasteiger partial charge is 0.492 e. The van der Waals surface area contributed by atoms with Gasteiger partial charge in [0.15, 0.2) is 0 Å². The number of esters is 2. The molecule has 0 aliphatic heterocycles. The van der Waals surface area contributed by atoms with E-state index in [0.717, 1.165) is 106 Å². The topological polar surface area (TPSA) is 71.1 Å². The molecule has 0 aliphatic rings. The smallest absolute Gasteiger partial charge is 0.305 e. The van der Waals surface area contributed by atoms with E-state index in [0.29, 0.717) is 26.1 Å². The second-order valence-electron chi connectivity index (χ2n) is 18.7. The average Bonchev–Trinajstić information content (AvgIpc) is 3.31. The van der Waals surface area contributed by atoms with Gasteiger partial charge in [-0.3, -0.25) is 9.59 Å². The monoisotopic (exact) mass is 887 g/mol. The SMILES string of the molecule is CCCCOC(=O)CCCCCCCCCCCCCCCCOc1c2ccccc2c(OCCCCCCCCCCCCCCCCC(=O)OCCCC)c2cc(CC)ccc12. The van der Waals surface area contributed by atoms with E-state index in [2.05, 4.69) is 63.2 Å². The first kappa shape index (κ1) is 55.1. The summed E-state index contributed by atoms with van der Waals surface area (Å²) in [4.78, 5) is 23.4. The Labute approximate surface area is 392 Å². The van der Waals surface area contributed by atoms with Gasteiger partial charge in [-0.25, -0.2) is 0 Å². The lowest BCUT2D eigenvalue weighted by Crippen LogP contribution is -2.05. The molecule has 0 fully saturated rings. The van der Waals surface area contributed by atoms with Crippen LogP contribution in [0.1, 0.15) is 245 Å². The molecule has 0 saturated carbocycles. The molecule has 3 rings (SSSR count). The zero-order valence-corrected chi connectivity index (χ0v) is 41.6. The molecule has 3 aromatic carbocycles. The van der Waals surface area contributed by atoms with Gasteiger partial charge in [-0.15, -0.1) is 0 Å². The molecule has 6 heteroatoms. The van der Waals surface area contributed by atoms with Crippen molar-refractivity contribution in [1.82, 2.24) is 0 Å². The molecule has 0 heterocycles. The highest BCUT2D eigenvalue weighted by atomic mass is 16.5. The molecule has 64 heavy (non-hydrogen) atoms. The number of ether oxygens (including phenoxy) is 4. The van der Waals surface area contributed by atoms with E-state index in [1.807, 2.05) is 0 Å². The number of fused-ring (bicyclic) bond motifs is 2. The molecule has 0 N–H and O–H groups in total. The van der Waals surface area contributed by atoms with E-state index in [9.17, 15) is 9.59 Å². The number of aryl methyl sites for hydroxylation is 1. The summed E-state index contributed by atoms with van der Waals surface area (Å²) >= 11 is 0. The van der Waals surface area contributed by atoms with Gasteiger partial charge >= 0.3 is 11.9 Å². The van der Waals surface area contributed by atoms with Crippen molar-refractivity contribution in [2.45, 2.75) is 245 Å². The molecule has 0 aliphatic carbocycles. The lowest BCUT2D eigenvalue weighted by Gasteiger charge is -2.18. The van der Waals surface area contributed by atoms with Crippen molar-refractivity contribution in [2.24, 2.45) is 0 Å². The first-order chi connectivity index (χ1) is 31.6. The van der Waals surface area contributed by atoms with Crippen LogP contribution in [0, 0.1) is 0 Å². The molecule has 0 saturated heterocycles. The van der Waals surface area contributed by atoms with Crippen LogP contribution < -0.4 is 9.47 Å². The van der Waals surface area contributed by atoms with Crippen molar-refractivity contribution in [3.05, 3.63) is 48.0 Å². The Hall–Kier alpha value is -3.28. The third kappa shape index (κ3) is 24.9. The van der Waals surface area contributed by atoms with Gasteiger partial charge in [0.1, 0.15) is 11.5 Å². The van der Waals surface area contributed by atoms with Crippen LogP contribution in [0.4, 0.5) is 0 Å². The first-order valence-electron chi connectivity index (χ1n) is 27.1. The first-order valence-corrected chi connectivity index (χ1v) is 27.1. The fourth-order valence-electron chi connectivity index (χ4n) is 8.82. The fraction of sp³-hybridized carbons (Fsp3) is 0.724. The minimum Gasteiger partial charge on any atom is -0.492 e. The van der Waals surface area contributed by atoms with E-state index in [4.69, 9.17) is 18.9 Å². The quantitative estimate of drug-likeness (QED) is 0.0320. The summed E-state index contributed by atoms with van der Waals surface area (Å²) in [7, 11) is 0. The Morgan fingerprint density at radius 1 is 0.359 bits per heavy atom. The van der Waals surface area contributed by atoms with Gasteiger partial charge in [-0.2, -0.15) is 0 Å².